The number of carbonyl (C=O) groups is 1. The van der Waals surface area contributed by atoms with E-state index < -0.39 is 5.82 Å². The third kappa shape index (κ3) is 2.85. The fourth-order valence-corrected chi connectivity index (χ4v) is 2.45. The van der Waals surface area contributed by atoms with Gasteiger partial charge >= 0.3 is 0 Å². The highest BCUT2D eigenvalue weighted by Crippen LogP contribution is 2.27. The maximum atomic E-state index is 13.0. The Morgan fingerprint density at radius 3 is 2.53 bits per heavy atom. The van der Waals surface area contributed by atoms with Gasteiger partial charge in [-0.15, -0.1) is 0 Å². The molecule has 4 heteroatoms. The van der Waals surface area contributed by atoms with Crippen LogP contribution in [0.25, 0.3) is 0 Å². The molecule has 1 aromatic carbocycles. The molecule has 0 aromatic heterocycles. The summed E-state index contributed by atoms with van der Waals surface area (Å²) in [5.74, 6) is -0.427. The molecule has 0 aliphatic heterocycles. The zero-order valence-corrected chi connectivity index (χ0v) is 10.2. The second-order valence-electron chi connectivity index (χ2n) is 4.60. The summed E-state index contributed by atoms with van der Waals surface area (Å²) >= 11 is 5.67. The molecule has 0 amide bonds. The van der Waals surface area contributed by atoms with Gasteiger partial charge in [0.15, 0.2) is 5.78 Å². The molecular weight excluding hydrogens is 241 g/mol. The van der Waals surface area contributed by atoms with E-state index >= 15 is 0 Å². The van der Waals surface area contributed by atoms with E-state index in [1.807, 2.05) is 0 Å². The van der Waals surface area contributed by atoms with Crippen molar-refractivity contribution in [2.75, 3.05) is 0 Å². The van der Waals surface area contributed by atoms with E-state index in [1.165, 1.54) is 18.2 Å². The molecule has 1 fully saturated rings. The molecule has 2 rings (SSSR count). The highest BCUT2D eigenvalue weighted by molar-refractivity contribution is 6.31. The van der Waals surface area contributed by atoms with Crippen LogP contribution in [0.1, 0.15) is 36.0 Å². The van der Waals surface area contributed by atoms with Gasteiger partial charge in [-0.1, -0.05) is 11.6 Å². The number of benzene rings is 1. The molecule has 92 valence electrons. The summed E-state index contributed by atoms with van der Waals surface area (Å²) in [5, 5.41) is 0.00311. The van der Waals surface area contributed by atoms with Crippen molar-refractivity contribution < 1.29 is 9.18 Å². The molecule has 1 aliphatic rings. The van der Waals surface area contributed by atoms with Crippen LogP contribution in [0.3, 0.4) is 0 Å². The highest BCUT2D eigenvalue weighted by atomic mass is 35.5. The average molecular weight is 256 g/mol. The van der Waals surface area contributed by atoms with Crippen LogP contribution in [0.15, 0.2) is 18.2 Å². The van der Waals surface area contributed by atoms with Crippen molar-refractivity contribution in [2.45, 2.75) is 31.7 Å². The van der Waals surface area contributed by atoms with Crippen molar-refractivity contribution in [1.82, 2.24) is 0 Å². The quantitative estimate of drug-likeness (QED) is 0.825. The number of carbonyl (C=O) groups excluding carboxylic acids is 1. The molecule has 0 spiro atoms. The van der Waals surface area contributed by atoms with Gasteiger partial charge in [0.1, 0.15) is 5.82 Å². The van der Waals surface area contributed by atoms with E-state index in [9.17, 15) is 9.18 Å². The summed E-state index contributed by atoms with van der Waals surface area (Å²) < 4.78 is 13.0. The van der Waals surface area contributed by atoms with Crippen LogP contribution >= 0.6 is 11.6 Å². The number of rotatable bonds is 2. The van der Waals surface area contributed by atoms with Crippen molar-refractivity contribution in [3.63, 3.8) is 0 Å². The predicted octanol–water partition coefficient (Wildman–Crippen LogP) is 3.18. The summed E-state index contributed by atoms with van der Waals surface area (Å²) in [5.41, 5.74) is 6.29. The first-order chi connectivity index (χ1) is 8.08. The van der Waals surface area contributed by atoms with E-state index in [4.69, 9.17) is 17.3 Å². The van der Waals surface area contributed by atoms with E-state index in [0.29, 0.717) is 5.56 Å². The Labute approximate surface area is 105 Å². The summed E-state index contributed by atoms with van der Waals surface area (Å²) in [6.07, 6.45) is 3.39. The van der Waals surface area contributed by atoms with Crippen molar-refractivity contribution in [1.29, 1.82) is 0 Å². The van der Waals surface area contributed by atoms with Crippen molar-refractivity contribution in [2.24, 2.45) is 11.7 Å². The minimum Gasteiger partial charge on any atom is -0.328 e. The largest absolute Gasteiger partial charge is 0.328 e. The van der Waals surface area contributed by atoms with Crippen molar-refractivity contribution >= 4 is 17.4 Å². The van der Waals surface area contributed by atoms with Gasteiger partial charge in [0.05, 0.1) is 5.02 Å². The van der Waals surface area contributed by atoms with E-state index in [0.717, 1.165) is 25.7 Å². The minimum absolute atomic E-state index is 0.00311. The second kappa shape index (κ2) is 5.15. The maximum absolute atomic E-state index is 13.0. The number of nitrogens with two attached hydrogens (primary N) is 1. The Bertz CT molecular complexity index is 427. The van der Waals surface area contributed by atoms with Gasteiger partial charge < -0.3 is 5.73 Å². The lowest BCUT2D eigenvalue weighted by Crippen LogP contribution is -2.29. The van der Waals surface area contributed by atoms with Gasteiger partial charge in [0, 0.05) is 17.5 Å². The minimum atomic E-state index is -0.492. The molecule has 0 saturated heterocycles. The fourth-order valence-electron chi connectivity index (χ4n) is 2.27. The Balaban J connectivity index is 2.11. The zero-order chi connectivity index (χ0) is 12.4. The molecule has 0 heterocycles. The predicted molar refractivity (Wildman–Crippen MR) is 65.7 cm³/mol. The summed E-state index contributed by atoms with van der Waals surface area (Å²) in [6.45, 7) is 0. The van der Waals surface area contributed by atoms with Crippen LogP contribution in [0.4, 0.5) is 4.39 Å². The molecule has 1 saturated carbocycles. The number of halogens is 2. The average Bonchev–Trinajstić information content (AvgIpc) is 2.33. The molecule has 17 heavy (non-hydrogen) atoms. The fraction of sp³-hybridized carbons (Fsp3) is 0.462. The molecule has 0 unspecified atom stereocenters. The van der Waals surface area contributed by atoms with E-state index in [-0.39, 0.29) is 22.8 Å². The van der Waals surface area contributed by atoms with Crippen molar-refractivity contribution in [3.8, 4) is 0 Å². The van der Waals surface area contributed by atoms with Gasteiger partial charge in [0.2, 0.25) is 0 Å². The van der Waals surface area contributed by atoms with Gasteiger partial charge in [-0.05, 0) is 43.9 Å². The van der Waals surface area contributed by atoms with Gasteiger partial charge in [-0.25, -0.2) is 4.39 Å². The molecule has 0 atom stereocenters. The van der Waals surface area contributed by atoms with Crippen LogP contribution in [0.2, 0.25) is 5.02 Å². The van der Waals surface area contributed by atoms with Gasteiger partial charge in [0.25, 0.3) is 0 Å². The number of hydrogen-bond acceptors (Lipinski definition) is 2. The van der Waals surface area contributed by atoms with E-state index in [2.05, 4.69) is 0 Å². The SMILES string of the molecule is NC1CCC(C(=O)c2ccc(F)c(Cl)c2)CC1. The Hall–Kier alpha value is -0.930. The lowest BCUT2D eigenvalue weighted by molar-refractivity contribution is 0.0884. The van der Waals surface area contributed by atoms with E-state index in [1.54, 1.807) is 0 Å². The molecule has 1 aromatic rings. The van der Waals surface area contributed by atoms with Crippen LogP contribution in [-0.2, 0) is 0 Å². The Morgan fingerprint density at radius 2 is 1.94 bits per heavy atom. The standard InChI is InChI=1S/C13H15ClFNO/c14-11-7-9(3-6-12(11)15)13(17)8-1-4-10(16)5-2-8/h3,6-8,10H,1-2,4-5,16H2. The second-order valence-corrected chi connectivity index (χ2v) is 5.01. The summed E-state index contributed by atoms with van der Waals surface area (Å²) in [7, 11) is 0. The van der Waals surface area contributed by atoms with Crippen LogP contribution in [0, 0.1) is 11.7 Å². The van der Waals surface area contributed by atoms with Crippen LogP contribution in [0.5, 0.6) is 0 Å². The van der Waals surface area contributed by atoms with Gasteiger partial charge in [-0.3, -0.25) is 4.79 Å². The zero-order valence-electron chi connectivity index (χ0n) is 9.46. The number of Topliss-reactive ketones (excluding diaryl/α,β-unsaturated/α-hetero) is 1. The summed E-state index contributed by atoms with van der Waals surface area (Å²) in [6, 6.07) is 4.37. The summed E-state index contributed by atoms with van der Waals surface area (Å²) in [4.78, 5) is 12.1. The smallest absolute Gasteiger partial charge is 0.165 e. The molecule has 1 aliphatic carbocycles. The lowest BCUT2D eigenvalue weighted by atomic mass is 9.82. The highest BCUT2D eigenvalue weighted by Gasteiger charge is 2.25. The molecule has 0 radical (unpaired) electrons. The third-order valence-electron chi connectivity index (χ3n) is 3.35. The normalized spacial score (nSPS) is 24.6. The lowest BCUT2D eigenvalue weighted by Gasteiger charge is -2.25. The third-order valence-corrected chi connectivity index (χ3v) is 3.64. The molecule has 2 nitrogen and oxygen atoms in total. The van der Waals surface area contributed by atoms with Gasteiger partial charge in [-0.2, -0.15) is 0 Å². The molecule has 0 bridgehead atoms. The number of hydrogen-bond donors (Lipinski definition) is 1. The first-order valence-corrected chi connectivity index (χ1v) is 6.20. The van der Waals surface area contributed by atoms with Crippen LogP contribution in [-0.4, -0.2) is 11.8 Å². The first kappa shape index (κ1) is 12.5. The van der Waals surface area contributed by atoms with Crippen molar-refractivity contribution in [3.05, 3.63) is 34.6 Å². The monoisotopic (exact) mass is 255 g/mol. The Kier molecular flexibility index (Phi) is 3.79. The Morgan fingerprint density at radius 1 is 1.29 bits per heavy atom. The topological polar surface area (TPSA) is 43.1 Å². The number of ketones is 1. The maximum Gasteiger partial charge on any atom is 0.165 e. The first-order valence-electron chi connectivity index (χ1n) is 5.83. The molecule has 2 N–H and O–H groups in total. The molecular formula is C13H15ClFNO. The van der Waals surface area contributed by atoms with Crippen LogP contribution < -0.4 is 5.73 Å².